The summed E-state index contributed by atoms with van der Waals surface area (Å²) in [6.45, 7) is 4.61. The van der Waals surface area contributed by atoms with Gasteiger partial charge in [0.1, 0.15) is 0 Å². The number of imidazole rings is 1. The summed E-state index contributed by atoms with van der Waals surface area (Å²) < 4.78 is 1.76. The van der Waals surface area contributed by atoms with Crippen molar-refractivity contribution in [2.45, 2.75) is 26.4 Å². The standard InChI is InChI=1S/C16H19ClN4OS/c1-3-10(2)14(22)8-18-15-20-21-9-13(19-16(21)23-15)11-4-6-12(17)7-5-11/h4-7,9-10,14,22H,3,8H2,1-2H3,(H,18,20). The maximum Gasteiger partial charge on any atom is 0.214 e. The number of aliphatic hydroxyl groups is 1. The van der Waals surface area contributed by atoms with E-state index in [0.717, 1.165) is 27.8 Å². The molecule has 23 heavy (non-hydrogen) atoms. The van der Waals surface area contributed by atoms with Crippen LogP contribution >= 0.6 is 22.9 Å². The van der Waals surface area contributed by atoms with Crippen LogP contribution in [0.2, 0.25) is 5.02 Å². The normalized spacial score (nSPS) is 14.1. The van der Waals surface area contributed by atoms with Crippen LogP contribution in [0.4, 0.5) is 5.13 Å². The van der Waals surface area contributed by atoms with Crippen molar-refractivity contribution in [3.8, 4) is 11.3 Å². The largest absolute Gasteiger partial charge is 0.391 e. The van der Waals surface area contributed by atoms with Crippen molar-refractivity contribution in [1.29, 1.82) is 0 Å². The minimum Gasteiger partial charge on any atom is -0.391 e. The van der Waals surface area contributed by atoms with Crippen LogP contribution < -0.4 is 5.32 Å². The minimum atomic E-state index is -0.374. The monoisotopic (exact) mass is 350 g/mol. The maximum absolute atomic E-state index is 10.0. The Morgan fingerprint density at radius 2 is 2.09 bits per heavy atom. The Kier molecular flexibility index (Phi) is 4.84. The zero-order valence-electron chi connectivity index (χ0n) is 13.0. The first-order valence-electron chi connectivity index (χ1n) is 7.61. The Morgan fingerprint density at radius 3 is 2.74 bits per heavy atom. The number of fused-ring (bicyclic) bond motifs is 1. The van der Waals surface area contributed by atoms with Gasteiger partial charge in [-0.2, -0.15) is 0 Å². The topological polar surface area (TPSA) is 62.5 Å². The molecule has 2 heterocycles. The summed E-state index contributed by atoms with van der Waals surface area (Å²) in [5, 5.41) is 19.1. The first-order chi connectivity index (χ1) is 11.1. The van der Waals surface area contributed by atoms with Crippen LogP contribution in [0.25, 0.3) is 16.2 Å². The van der Waals surface area contributed by atoms with E-state index in [0.29, 0.717) is 11.6 Å². The molecule has 3 aromatic rings. The number of halogens is 1. The molecule has 122 valence electrons. The van der Waals surface area contributed by atoms with E-state index in [1.54, 1.807) is 4.52 Å². The summed E-state index contributed by atoms with van der Waals surface area (Å²) >= 11 is 7.38. The van der Waals surface area contributed by atoms with Gasteiger partial charge in [0.15, 0.2) is 0 Å². The minimum absolute atomic E-state index is 0.267. The van der Waals surface area contributed by atoms with Crippen molar-refractivity contribution in [2.75, 3.05) is 11.9 Å². The van der Waals surface area contributed by atoms with E-state index < -0.39 is 0 Å². The van der Waals surface area contributed by atoms with Gasteiger partial charge in [-0.1, -0.05) is 55.3 Å². The molecule has 0 fully saturated rings. The highest BCUT2D eigenvalue weighted by molar-refractivity contribution is 7.20. The van der Waals surface area contributed by atoms with E-state index in [2.05, 4.69) is 22.3 Å². The van der Waals surface area contributed by atoms with Gasteiger partial charge in [-0.05, 0) is 18.1 Å². The second-order valence-electron chi connectivity index (χ2n) is 5.60. The molecule has 0 bridgehead atoms. The Hall–Kier alpha value is -1.63. The smallest absolute Gasteiger partial charge is 0.214 e. The lowest BCUT2D eigenvalue weighted by molar-refractivity contribution is 0.126. The first-order valence-corrected chi connectivity index (χ1v) is 8.80. The average Bonchev–Trinajstić information content (AvgIpc) is 3.11. The van der Waals surface area contributed by atoms with E-state index in [-0.39, 0.29) is 12.0 Å². The van der Waals surface area contributed by atoms with Crippen molar-refractivity contribution in [3.05, 3.63) is 35.5 Å². The van der Waals surface area contributed by atoms with Crippen LogP contribution in [-0.2, 0) is 0 Å². The number of nitrogens with one attached hydrogen (secondary N) is 1. The molecule has 2 N–H and O–H groups in total. The molecule has 2 aromatic heterocycles. The van der Waals surface area contributed by atoms with Crippen molar-refractivity contribution in [1.82, 2.24) is 14.6 Å². The Bertz CT molecular complexity index is 752. The van der Waals surface area contributed by atoms with Crippen LogP contribution in [0.1, 0.15) is 20.3 Å². The van der Waals surface area contributed by atoms with Gasteiger partial charge in [-0.3, -0.25) is 0 Å². The number of hydrogen-bond acceptors (Lipinski definition) is 5. The van der Waals surface area contributed by atoms with Crippen molar-refractivity contribution < 1.29 is 5.11 Å². The molecule has 2 unspecified atom stereocenters. The van der Waals surface area contributed by atoms with Crippen LogP contribution in [0, 0.1) is 5.92 Å². The third kappa shape index (κ3) is 3.65. The molecule has 0 aliphatic carbocycles. The lowest BCUT2D eigenvalue weighted by Gasteiger charge is -2.16. The molecule has 0 radical (unpaired) electrons. The Labute approximate surface area is 143 Å². The molecule has 0 amide bonds. The highest BCUT2D eigenvalue weighted by Crippen LogP contribution is 2.25. The highest BCUT2D eigenvalue weighted by Gasteiger charge is 2.14. The van der Waals surface area contributed by atoms with Crippen molar-refractivity contribution in [2.24, 2.45) is 5.92 Å². The molecule has 1 aromatic carbocycles. The van der Waals surface area contributed by atoms with Gasteiger partial charge in [0.2, 0.25) is 10.1 Å². The number of rotatable bonds is 6. The number of aromatic nitrogens is 3. The lowest BCUT2D eigenvalue weighted by Crippen LogP contribution is -2.26. The third-order valence-corrected chi connectivity index (χ3v) is 5.08. The fraction of sp³-hybridized carbons (Fsp3) is 0.375. The van der Waals surface area contributed by atoms with Gasteiger partial charge in [0.25, 0.3) is 0 Å². The maximum atomic E-state index is 10.0. The second-order valence-corrected chi connectivity index (χ2v) is 6.99. The van der Waals surface area contributed by atoms with E-state index >= 15 is 0 Å². The SMILES string of the molecule is CCC(C)C(O)CNc1nn2cc(-c3ccc(Cl)cc3)nc2s1. The fourth-order valence-electron chi connectivity index (χ4n) is 2.20. The molecular formula is C16H19ClN4OS. The van der Waals surface area contributed by atoms with E-state index in [4.69, 9.17) is 11.6 Å². The van der Waals surface area contributed by atoms with E-state index in [9.17, 15) is 5.11 Å². The predicted octanol–water partition coefficient (Wildman–Crippen LogP) is 3.93. The molecule has 0 saturated heterocycles. The quantitative estimate of drug-likeness (QED) is 0.707. The molecule has 0 aliphatic rings. The molecule has 0 spiro atoms. The van der Waals surface area contributed by atoms with Crippen molar-refractivity contribution in [3.63, 3.8) is 0 Å². The number of benzene rings is 1. The van der Waals surface area contributed by atoms with Crippen LogP contribution in [-0.4, -0.2) is 32.4 Å². The van der Waals surface area contributed by atoms with Gasteiger partial charge >= 0.3 is 0 Å². The summed E-state index contributed by atoms with van der Waals surface area (Å²) in [7, 11) is 0. The van der Waals surface area contributed by atoms with Crippen LogP contribution in [0.5, 0.6) is 0 Å². The summed E-state index contributed by atoms with van der Waals surface area (Å²) in [5.41, 5.74) is 1.88. The van der Waals surface area contributed by atoms with Crippen LogP contribution in [0.15, 0.2) is 30.5 Å². The van der Waals surface area contributed by atoms with E-state index in [1.807, 2.05) is 37.4 Å². The highest BCUT2D eigenvalue weighted by atomic mass is 35.5. The Morgan fingerprint density at radius 1 is 1.35 bits per heavy atom. The van der Waals surface area contributed by atoms with Gasteiger partial charge in [-0.25, -0.2) is 9.50 Å². The predicted molar refractivity (Wildman–Crippen MR) is 95.3 cm³/mol. The third-order valence-electron chi connectivity index (χ3n) is 3.95. The first kappa shape index (κ1) is 16.2. The summed E-state index contributed by atoms with van der Waals surface area (Å²) in [6, 6.07) is 7.58. The molecular weight excluding hydrogens is 332 g/mol. The summed E-state index contributed by atoms with van der Waals surface area (Å²) in [6.07, 6.45) is 2.47. The molecule has 5 nitrogen and oxygen atoms in total. The van der Waals surface area contributed by atoms with Crippen molar-refractivity contribution >= 4 is 33.0 Å². The second kappa shape index (κ2) is 6.86. The molecule has 3 rings (SSSR count). The molecule has 0 saturated carbocycles. The Balaban J connectivity index is 1.72. The zero-order valence-corrected chi connectivity index (χ0v) is 14.6. The number of nitrogens with zero attached hydrogens (tertiary/aromatic N) is 3. The number of aliphatic hydroxyl groups excluding tert-OH is 1. The molecule has 7 heteroatoms. The zero-order chi connectivity index (χ0) is 16.4. The van der Waals surface area contributed by atoms with Gasteiger partial charge < -0.3 is 10.4 Å². The number of hydrogen-bond donors (Lipinski definition) is 2. The molecule has 0 aliphatic heterocycles. The fourth-order valence-corrected chi connectivity index (χ4v) is 3.11. The lowest BCUT2D eigenvalue weighted by atomic mass is 10.0. The van der Waals surface area contributed by atoms with Gasteiger partial charge in [-0.15, -0.1) is 5.10 Å². The van der Waals surface area contributed by atoms with Gasteiger partial charge in [0, 0.05) is 17.1 Å². The van der Waals surface area contributed by atoms with E-state index in [1.165, 1.54) is 11.3 Å². The van der Waals surface area contributed by atoms with Crippen LogP contribution in [0.3, 0.4) is 0 Å². The number of anilines is 1. The summed E-state index contributed by atoms with van der Waals surface area (Å²) in [4.78, 5) is 5.40. The van der Waals surface area contributed by atoms with Gasteiger partial charge in [0.05, 0.1) is 18.0 Å². The average molecular weight is 351 g/mol. The summed E-state index contributed by atoms with van der Waals surface area (Å²) in [5.74, 6) is 0.267. The molecule has 2 atom stereocenters.